The van der Waals surface area contributed by atoms with Crippen molar-refractivity contribution >= 4 is 17.2 Å². The standard InChI is InChI=1S/C17H17N5OS/c1-10-14(21-11(2)24-10)17(23)22-8-6-12-15(20-9-19-12)16(22)13-5-3-4-7-18-13/h3-5,7,9,16H,6,8H2,1-2H3,(H,19,20). The zero-order valence-corrected chi connectivity index (χ0v) is 14.3. The molecule has 1 unspecified atom stereocenters. The van der Waals surface area contributed by atoms with Gasteiger partial charge in [-0.3, -0.25) is 9.78 Å². The number of hydrogen-bond acceptors (Lipinski definition) is 5. The number of hydrogen-bond donors (Lipinski definition) is 1. The molecular formula is C17H17N5OS. The van der Waals surface area contributed by atoms with Crippen molar-refractivity contribution in [3.63, 3.8) is 0 Å². The highest BCUT2D eigenvalue weighted by molar-refractivity contribution is 7.11. The van der Waals surface area contributed by atoms with Gasteiger partial charge in [0.25, 0.3) is 5.91 Å². The molecule has 0 spiro atoms. The summed E-state index contributed by atoms with van der Waals surface area (Å²) in [4.78, 5) is 32.5. The number of pyridine rings is 1. The third-order valence-electron chi connectivity index (χ3n) is 4.26. The lowest BCUT2D eigenvalue weighted by molar-refractivity contribution is 0.0681. The first-order chi connectivity index (χ1) is 11.6. The van der Waals surface area contributed by atoms with Crippen LogP contribution in [0.3, 0.4) is 0 Å². The second kappa shape index (κ2) is 5.83. The maximum absolute atomic E-state index is 13.2. The number of aromatic nitrogens is 4. The van der Waals surface area contributed by atoms with Gasteiger partial charge in [-0.2, -0.15) is 0 Å². The lowest BCUT2D eigenvalue weighted by Gasteiger charge is -2.34. The van der Waals surface area contributed by atoms with E-state index in [1.807, 2.05) is 36.9 Å². The van der Waals surface area contributed by atoms with Gasteiger partial charge in [-0.25, -0.2) is 9.97 Å². The largest absolute Gasteiger partial charge is 0.348 e. The Morgan fingerprint density at radius 1 is 1.33 bits per heavy atom. The van der Waals surface area contributed by atoms with Crippen molar-refractivity contribution in [1.82, 2.24) is 24.8 Å². The van der Waals surface area contributed by atoms with Crippen LogP contribution < -0.4 is 0 Å². The van der Waals surface area contributed by atoms with Crippen LogP contribution in [0.15, 0.2) is 30.7 Å². The van der Waals surface area contributed by atoms with Gasteiger partial charge in [-0.15, -0.1) is 11.3 Å². The normalized spacial score (nSPS) is 16.9. The molecule has 0 saturated carbocycles. The Balaban J connectivity index is 1.79. The highest BCUT2D eigenvalue weighted by Gasteiger charge is 2.36. The first kappa shape index (κ1) is 15.0. The number of carbonyl (C=O) groups is 1. The van der Waals surface area contributed by atoms with Crippen molar-refractivity contribution in [3.05, 3.63) is 63.4 Å². The van der Waals surface area contributed by atoms with Gasteiger partial charge in [0.1, 0.15) is 11.7 Å². The van der Waals surface area contributed by atoms with Gasteiger partial charge in [-0.05, 0) is 26.0 Å². The summed E-state index contributed by atoms with van der Waals surface area (Å²) in [6.45, 7) is 4.48. The molecule has 6 nitrogen and oxygen atoms in total. The van der Waals surface area contributed by atoms with Gasteiger partial charge in [-0.1, -0.05) is 6.07 Å². The van der Waals surface area contributed by atoms with Crippen molar-refractivity contribution in [3.8, 4) is 0 Å². The third-order valence-corrected chi connectivity index (χ3v) is 5.15. The summed E-state index contributed by atoms with van der Waals surface area (Å²) in [5.74, 6) is -0.0545. The molecule has 1 N–H and O–H groups in total. The molecule has 3 aromatic heterocycles. The predicted molar refractivity (Wildman–Crippen MR) is 91.0 cm³/mol. The van der Waals surface area contributed by atoms with Crippen molar-refractivity contribution in [2.45, 2.75) is 26.3 Å². The summed E-state index contributed by atoms with van der Waals surface area (Å²) in [6, 6.07) is 5.46. The van der Waals surface area contributed by atoms with Gasteiger partial charge >= 0.3 is 0 Å². The van der Waals surface area contributed by atoms with E-state index >= 15 is 0 Å². The molecule has 0 aromatic carbocycles. The monoisotopic (exact) mass is 339 g/mol. The smallest absolute Gasteiger partial charge is 0.274 e. The quantitative estimate of drug-likeness (QED) is 0.779. The SMILES string of the molecule is Cc1nc(C(=O)N2CCc3[nH]cnc3C2c2ccccn2)c(C)s1. The van der Waals surface area contributed by atoms with E-state index in [0.717, 1.165) is 33.4 Å². The Morgan fingerprint density at radius 3 is 2.92 bits per heavy atom. The van der Waals surface area contributed by atoms with Crippen molar-refractivity contribution in [2.75, 3.05) is 6.54 Å². The van der Waals surface area contributed by atoms with Crippen molar-refractivity contribution in [2.24, 2.45) is 0 Å². The number of carbonyl (C=O) groups excluding carboxylic acids is 1. The molecule has 0 aliphatic carbocycles. The Labute approximate surface area is 143 Å². The van der Waals surface area contributed by atoms with Gasteiger partial charge in [0.15, 0.2) is 0 Å². The summed E-state index contributed by atoms with van der Waals surface area (Å²) < 4.78 is 0. The average Bonchev–Trinajstić information content (AvgIpc) is 3.19. The van der Waals surface area contributed by atoms with Crippen LogP contribution in [0.25, 0.3) is 0 Å². The van der Waals surface area contributed by atoms with Gasteiger partial charge in [0.05, 0.1) is 22.7 Å². The van der Waals surface area contributed by atoms with Gasteiger partial charge < -0.3 is 9.88 Å². The minimum absolute atomic E-state index is 0.0545. The van der Waals surface area contributed by atoms with E-state index in [9.17, 15) is 4.79 Å². The molecule has 3 aromatic rings. The Hall–Kier alpha value is -2.54. The van der Waals surface area contributed by atoms with Crippen LogP contribution in [0.2, 0.25) is 0 Å². The van der Waals surface area contributed by atoms with Crippen LogP contribution in [-0.4, -0.2) is 37.3 Å². The highest BCUT2D eigenvalue weighted by Crippen LogP contribution is 2.34. The molecular weight excluding hydrogens is 322 g/mol. The molecule has 4 rings (SSSR count). The molecule has 1 aliphatic heterocycles. The molecule has 1 atom stereocenters. The topological polar surface area (TPSA) is 74.8 Å². The highest BCUT2D eigenvalue weighted by atomic mass is 32.1. The first-order valence-electron chi connectivity index (χ1n) is 7.83. The van der Waals surface area contributed by atoms with Crippen molar-refractivity contribution in [1.29, 1.82) is 0 Å². The molecule has 0 fully saturated rings. The van der Waals surface area contributed by atoms with E-state index < -0.39 is 0 Å². The average molecular weight is 339 g/mol. The number of thiazole rings is 1. The minimum Gasteiger partial charge on any atom is -0.348 e. The second-order valence-corrected chi connectivity index (χ2v) is 7.22. The Kier molecular flexibility index (Phi) is 3.65. The lowest BCUT2D eigenvalue weighted by Crippen LogP contribution is -2.41. The van der Waals surface area contributed by atoms with E-state index in [-0.39, 0.29) is 11.9 Å². The number of amides is 1. The van der Waals surface area contributed by atoms with Crippen LogP contribution in [0.1, 0.15) is 43.5 Å². The Morgan fingerprint density at radius 2 is 2.21 bits per heavy atom. The van der Waals surface area contributed by atoms with Crippen LogP contribution in [0.5, 0.6) is 0 Å². The number of aryl methyl sites for hydroxylation is 2. The third kappa shape index (κ3) is 2.41. The molecule has 24 heavy (non-hydrogen) atoms. The van der Waals surface area contributed by atoms with Crippen LogP contribution >= 0.6 is 11.3 Å². The zero-order chi connectivity index (χ0) is 16.7. The number of nitrogens with zero attached hydrogens (tertiary/aromatic N) is 4. The minimum atomic E-state index is -0.282. The maximum atomic E-state index is 13.2. The summed E-state index contributed by atoms with van der Waals surface area (Å²) >= 11 is 1.55. The second-order valence-electron chi connectivity index (χ2n) is 5.81. The fraction of sp³-hybridized carbons (Fsp3) is 0.294. The van der Waals surface area contributed by atoms with Crippen LogP contribution in [0, 0.1) is 13.8 Å². The van der Waals surface area contributed by atoms with Gasteiger partial charge in [0.2, 0.25) is 0 Å². The predicted octanol–water partition coefficient (Wildman–Crippen LogP) is 2.67. The van der Waals surface area contributed by atoms with Gasteiger partial charge in [0, 0.05) is 29.7 Å². The number of aromatic amines is 1. The van der Waals surface area contributed by atoms with E-state index in [0.29, 0.717) is 12.2 Å². The number of imidazole rings is 1. The number of H-pyrrole nitrogens is 1. The van der Waals surface area contributed by atoms with E-state index in [4.69, 9.17) is 0 Å². The zero-order valence-electron chi connectivity index (χ0n) is 13.5. The molecule has 4 heterocycles. The van der Waals surface area contributed by atoms with E-state index in [1.165, 1.54) is 0 Å². The number of nitrogens with one attached hydrogen (secondary N) is 1. The summed E-state index contributed by atoms with van der Waals surface area (Å²) in [6.07, 6.45) is 4.19. The maximum Gasteiger partial charge on any atom is 0.274 e. The Bertz CT molecular complexity index is 886. The van der Waals surface area contributed by atoms with Crippen LogP contribution in [0.4, 0.5) is 0 Å². The summed E-state index contributed by atoms with van der Waals surface area (Å²) in [7, 11) is 0. The number of fused-ring (bicyclic) bond motifs is 1. The molecule has 122 valence electrons. The van der Waals surface area contributed by atoms with E-state index in [1.54, 1.807) is 23.9 Å². The molecule has 0 bridgehead atoms. The van der Waals surface area contributed by atoms with Crippen molar-refractivity contribution < 1.29 is 4.79 Å². The fourth-order valence-electron chi connectivity index (χ4n) is 3.20. The first-order valence-corrected chi connectivity index (χ1v) is 8.65. The molecule has 0 saturated heterocycles. The summed E-state index contributed by atoms with van der Waals surface area (Å²) in [5.41, 5.74) is 3.31. The molecule has 1 amide bonds. The fourth-order valence-corrected chi connectivity index (χ4v) is 4.01. The summed E-state index contributed by atoms with van der Waals surface area (Å²) in [5, 5.41) is 0.905. The molecule has 0 radical (unpaired) electrons. The number of rotatable bonds is 2. The van der Waals surface area contributed by atoms with E-state index in [2.05, 4.69) is 19.9 Å². The lowest BCUT2D eigenvalue weighted by atomic mass is 9.98. The molecule has 1 aliphatic rings. The molecule has 7 heteroatoms. The van der Waals surface area contributed by atoms with Crippen LogP contribution in [-0.2, 0) is 6.42 Å².